The van der Waals surface area contributed by atoms with Gasteiger partial charge in [0.1, 0.15) is 11.5 Å². The number of benzene rings is 3. The Morgan fingerprint density at radius 1 is 1.00 bits per heavy atom. The smallest absolute Gasteiger partial charge is 0.550 e. The molecule has 0 bridgehead atoms. The maximum Gasteiger partial charge on any atom is 1.00 e. The van der Waals surface area contributed by atoms with Crippen molar-refractivity contribution < 1.29 is 57.3 Å². The van der Waals surface area contributed by atoms with Gasteiger partial charge in [-0.3, -0.25) is 0 Å². The number of para-hydroxylation sites is 1. The number of rotatable bonds is 9. The van der Waals surface area contributed by atoms with E-state index in [9.17, 15) is 18.3 Å². The first-order chi connectivity index (χ1) is 17.7. The van der Waals surface area contributed by atoms with Gasteiger partial charge in [0.05, 0.1) is 23.8 Å². The van der Waals surface area contributed by atoms with E-state index in [1.165, 1.54) is 6.26 Å². The number of fused-ring (bicyclic) bond motifs is 2. The minimum absolute atomic E-state index is 0. The molecule has 3 aromatic rings. The van der Waals surface area contributed by atoms with Crippen molar-refractivity contribution in [1.29, 1.82) is 0 Å². The minimum atomic E-state index is -3.26. The average Bonchev–Trinajstić information content (AvgIpc) is 3.46. The van der Waals surface area contributed by atoms with Gasteiger partial charge in [-0.05, 0) is 61.2 Å². The van der Waals surface area contributed by atoms with Crippen LogP contribution in [0.2, 0.25) is 0 Å². The number of carboxylic acid groups (broad SMARTS) is 1. The summed E-state index contributed by atoms with van der Waals surface area (Å²) in [6.07, 6.45) is 2.86. The van der Waals surface area contributed by atoms with Gasteiger partial charge in [0.15, 0.2) is 9.84 Å². The second-order valence-electron chi connectivity index (χ2n) is 9.78. The van der Waals surface area contributed by atoms with Crippen LogP contribution in [0, 0.1) is 0 Å². The summed E-state index contributed by atoms with van der Waals surface area (Å²) in [5.41, 5.74) is 5.06. The van der Waals surface area contributed by atoms with Crippen molar-refractivity contribution in [2.24, 2.45) is 0 Å². The molecule has 9 heteroatoms. The molecule has 0 unspecified atom stereocenters. The number of hydrogen-bond donors (Lipinski definition) is 0. The van der Waals surface area contributed by atoms with Crippen LogP contribution in [0.25, 0.3) is 0 Å². The number of aliphatic carboxylic acids is 1. The first-order valence-corrected chi connectivity index (χ1v) is 14.4. The molecule has 2 atom stereocenters. The molecule has 0 fully saturated rings. The molecule has 0 aliphatic carbocycles. The number of anilines is 2. The number of carboxylic acids is 1. The third kappa shape index (κ3) is 5.88. The van der Waals surface area contributed by atoms with Gasteiger partial charge in [0.2, 0.25) is 0 Å². The van der Waals surface area contributed by atoms with E-state index in [1.807, 2.05) is 42.5 Å². The third-order valence-electron chi connectivity index (χ3n) is 7.06. The Morgan fingerprint density at radius 2 is 1.74 bits per heavy atom. The molecule has 0 saturated carbocycles. The van der Waals surface area contributed by atoms with Crippen LogP contribution in [0.3, 0.4) is 0 Å². The van der Waals surface area contributed by atoms with Crippen molar-refractivity contribution in [3.8, 4) is 11.5 Å². The van der Waals surface area contributed by atoms with E-state index in [4.69, 9.17) is 9.47 Å². The molecular weight excluding hydrogens is 513 g/mol. The number of nitrogens with zero attached hydrogens (tertiary/aromatic N) is 1. The Morgan fingerprint density at radius 3 is 2.42 bits per heavy atom. The molecule has 0 radical (unpaired) electrons. The molecular formula is C29H30NNaO6S. The van der Waals surface area contributed by atoms with E-state index in [-0.39, 0.29) is 47.8 Å². The van der Waals surface area contributed by atoms with Gasteiger partial charge in [0.25, 0.3) is 0 Å². The van der Waals surface area contributed by atoms with Crippen molar-refractivity contribution in [2.75, 3.05) is 30.9 Å². The van der Waals surface area contributed by atoms with Crippen LogP contribution in [-0.4, -0.2) is 40.4 Å². The van der Waals surface area contributed by atoms with Crippen LogP contribution in [-0.2, 0) is 21.1 Å². The average molecular weight is 544 g/mol. The van der Waals surface area contributed by atoms with E-state index < -0.39 is 15.8 Å². The number of hydrogen-bond acceptors (Lipinski definition) is 7. The normalized spacial score (nSPS) is 17.5. The molecule has 2 heterocycles. The fourth-order valence-corrected chi connectivity index (χ4v) is 5.89. The van der Waals surface area contributed by atoms with Gasteiger partial charge in [-0.25, -0.2) is 8.42 Å². The van der Waals surface area contributed by atoms with E-state index in [0.29, 0.717) is 18.1 Å². The summed E-state index contributed by atoms with van der Waals surface area (Å²) in [6.45, 7) is 3.80. The maximum atomic E-state index is 11.9. The number of ether oxygens (including phenoxy) is 2. The van der Waals surface area contributed by atoms with Crippen LogP contribution >= 0.6 is 0 Å². The van der Waals surface area contributed by atoms with Gasteiger partial charge in [-0.1, -0.05) is 31.2 Å². The molecule has 0 aromatic heterocycles. The van der Waals surface area contributed by atoms with Crippen molar-refractivity contribution in [1.82, 2.24) is 0 Å². The first kappa shape index (κ1) is 28.5. The zero-order valence-electron chi connectivity index (χ0n) is 22.0. The van der Waals surface area contributed by atoms with Crippen molar-refractivity contribution in [3.05, 3.63) is 77.4 Å². The molecule has 194 valence electrons. The van der Waals surface area contributed by atoms with E-state index >= 15 is 0 Å². The quantitative estimate of drug-likeness (QED) is 0.371. The predicted octanol–water partition coefficient (Wildman–Crippen LogP) is 0.977. The van der Waals surface area contributed by atoms with Crippen LogP contribution in [0.5, 0.6) is 11.5 Å². The maximum absolute atomic E-state index is 11.9. The molecule has 5 rings (SSSR count). The van der Waals surface area contributed by atoms with Gasteiger partial charge < -0.3 is 24.3 Å². The summed E-state index contributed by atoms with van der Waals surface area (Å²) in [4.78, 5) is 13.5. The zero-order chi connectivity index (χ0) is 26.2. The second-order valence-corrected chi connectivity index (χ2v) is 11.8. The fourth-order valence-electron chi connectivity index (χ4n) is 5.26. The van der Waals surface area contributed by atoms with Crippen molar-refractivity contribution in [2.45, 2.75) is 42.9 Å². The van der Waals surface area contributed by atoms with Gasteiger partial charge in [-0.2, -0.15) is 0 Å². The summed E-state index contributed by atoms with van der Waals surface area (Å²) in [5.74, 6) is 0.556. The zero-order valence-corrected chi connectivity index (χ0v) is 24.8. The monoisotopic (exact) mass is 543 g/mol. The van der Waals surface area contributed by atoms with E-state index in [2.05, 4.69) is 17.9 Å². The Hall–Kier alpha value is -2.52. The number of sulfone groups is 1. The third-order valence-corrected chi connectivity index (χ3v) is 8.19. The van der Waals surface area contributed by atoms with E-state index in [0.717, 1.165) is 59.0 Å². The number of carbonyl (C=O) groups excluding carboxylic acids is 1. The van der Waals surface area contributed by atoms with Crippen LogP contribution in [0.4, 0.5) is 11.4 Å². The summed E-state index contributed by atoms with van der Waals surface area (Å²) >= 11 is 0. The predicted molar refractivity (Wildman–Crippen MR) is 140 cm³/mol. The van der Waals surface area contributed by atoms with Gasteiger partial charge in [-0.15, -0.1) is 0 Å². The Labute approximate surface area is 246 Å². The second kappa shape index (κ2) is 11.7. The van der Waals surface area contributed by atoms with Crippen LogP contribution < -0.4 is 49.0 Å². The topological polar surface area (TPSA) is 96.0 Å². The number of carbonyl (C=O) groups is 1. The SMILES string of the molecule is CCCN(c1ccc(S(C)(=O)=O)cc1)c1cccc2c1OC[C@H]2Cc1ccc2c(c1)OC[C@H]2CC(=O)[O-].[Na+]. The molecule has 0 spiro atoms. The fraction of sp³-hybridized carbons (Fsp3) is 0.345. The summed E-state index contributed by atoms with van der Waals surface area (Å²) in [6, 6.07) is 19.2. The van der Waals surface area contributed by atoms with Crippen molar-refractivity contribution >= 4 is 27.2 Å². The molecule has 3 aromatic carbocycles. The first-order valence-electron chi connectivity index (χ1n) is 12.5. The Balaban J connectivity index is 0.00000336. The van der Waals surface area contributed by atoms with Crippen molar-refractivity contribution in [3.63, 3.8) is 0 Å². The molecule has 0 saturated heterocycles. The summed E-state index contributed by atoms with van der Waals surface area (Å²) < 4.78 is 35.8. The Bertz CT molecular complexity index is 1420. The molecule has 0 N–H and O–H groups in total. The van der Waals surface area contributed by atoms with E-state index in [1.54, 1.807) is 12.1 Å². The van der Waals surface area contributed by atoms with Gasteiger partial charge in [0, 0.05) is 47.4 Å². The molecule has 2 aliphatic heterocycles. The minimum Gasteiger partial charge on any atom is -0.550 e. The van der Waals surface area contributed by atoms with Gasteiger partial charge >= 0.3 is 29.6 Å². The molecule has 7 nitrogen and oxygen atoms in total. The standard InChI is InChI=1S/C29H31NO6S.Na/c1-3-13-30(22-8-10-23(11-9-22)37(2,33)34)26-6-4-5-25-20(18-36-29(25)26)14-19-7-12-24-21(16-28(31)32)17-35-27(24)15-19;/h4-12,15,20-21H,3,13-14,16-18H2,1-2H3,(H,31,32);/q;+1/p-1/t20-,21-;/m1./s1. The largest absolute Gasteiger partial charge is 1.00 e. The summed E-state index contributed by atoms with van der Waals surface area (Å²) in [5, 5.41) is 11.0. The summed E-state index contributed by atoms with van der Waals surface area (Å²) in [7, 11) is -3.26. The van der Waals surface area contributed by atoms with Crippen LogP contribution in [0.15, 0.2) is 65.6 Å². The molecule has 38 heavy (non-hydrogen) atoms. The molecule has 0 amide bonds. The van der Waals surface area contributed by atoms with Crippen LogP contribution in [0.1, 0.15) is 48.3 Å². The Kier molecular flexibility index (Phi) is 8.77. The molecule has 2 aliphatic rings.